The molecule has 0 bridgehead atoms. The van der Waals surface area contributed by atoms with Gasteiger partial charge in [-0.3, -0.25) is 0 Å². The fraction of sp³-hybridized carbons (Fsp3) is 0.318. The molecule has 0 saturated heterocycles. The third-order valence-corrected chi connectivity index (χ3v) is 4.99. The van der Waals surface area contributed by atoms with Crippen LogP contribution in [0.15, 0.2) is 48.5 Å². The lowest BCUT2D eigenvalue weighted by Crippen LogP contribution is -2.09. The molecule has 0 aliphatic rings. The van der Waals surface area contributed by atoms with Crippen molar-refractivity contribution in [2.75, 3.05) is 0 Å². The molecule has 0 amide bonds. The van der Waals surface area contributed by atoms with Gasteiger partial charge in [-0.1, -0.05) is 79.0 Å². The van der Waals surface area contributed by atoms with Crippen molar-refractivity contribution in [2.45, 2.75) is 46.3 Å². The summed E-state index contributed by atoms with van der Waals surface area (Å²) in [7, 11) is 0. The fourth-order valence-electron chi connectivity index (χ4n) is 3.10. The topological polar surface area (TPSA) is 38.1 Å². The van der Waals surface area contributed by atoms with E-state index in [1.54, 1.807) is 0 Å². The van der Waals surface area contributed by atoms with Gasteiger partial charge < -0.3 is 9.67 Å². The van der Waals surface area contributed by atoms with Gasteiger partial charge in [-0.25, -0.2) is 4.98 Å². The van der Waals surface area contributed by atoms with Crippen molar-refractivity contribution in [1.29, 1.82) is 0 Å². The molecule has 0 fully saturated rings. The van der Waals surface area contributed by atoms with Crippen molar-refractivity contribution in [2.24, 2.45) is 0 Å². The Labute approximate surface area is 160 Å². The van der Waals surface area contributed by atoms with E-state index >= 15 is 0 Å². The summed E-state index contributed by atoms with van der Waals surface area (Å²) in [6.07, 6.45) is 3.03. The summed E-state index contributed by atoms with van der Waals surface area (Å²) in [5.41, 5.74) is 5.54. The molecule has 0 aliphatic heterocycles. The molecular formula is C22H25ClN2O. The van der Waals surface area contributed by atoms with Crippen LogP contribution in [0.3, 0.4) is 0 Å². The maximum absolute atomic E-state index is 9.69. The van der Waals surface area contributed by atoms with Crippen molar-refractivity contribution in [3.63, 3.8) is 0 Å². The molecule has 2 aromatic carbocycles. The highest BCUT2D eigenvalue weighted by atomic mass is 35.5. The molecule has 136 valence electrons. The van der Waals surface area contributed by atoms with E-state index in [0.29, 0.717) is 17.4 Å². The third kappa shape index (κ3) is 4.17. The van der Waals surface area contributed by atoms with Crippen LogP contribution in [-0.2, 0) is 19.6 Å². The summed E-state index contributed by atoms with van der Waals surface area (Å²) >= 11 is 6.22. The summed E-state index contributed by atoms with van der Waals surface area (Å²) in [5, 5.41) is 10.1. The van der Waals surface area contributed by atoms with Crippen LogP contribution in [0.25, 0.3) is 11.1 Å². The van der Waals surface area contributed by atoms with Gasteiger partial charge in [0.15, 0.2) is 5.15 Å². The first kappa shape index (κ1) is 18.7. The standard InChI is InChI=1S/C22H25ClN2O/c1-3-4-5-21-24-22(23)20(15-26)25(21)14-17-8-12-19(13-9-17)18-10-6-16(2)7-11-18/h6-13,26H,3-5,14-15H2,1-2H3. The molecule has 3 aromatic rings. The molecule has 1 aromatic heterocycles. The van der Waals surface area contributed by atoms with Crippen molar-refractivity contribution >= 4 is 11.6 Å². The van der Waals surface area contributed by atoms with Crippen LogP contribution < -0.4 is 0 Å². The average Bonchev–Trinajstić information content (AvgIpc) is 2.95. The van der Waals surface area contributed by atoms with Crippen LogP contribution >= 0.6 is 11.6 Å². The number of hydrogen-bond acceptors (Lipinski definition) is 2. The molecule has 0 saturated carbocycles. The van der Waals surface area contributed by atoms with Crippen LogP contribution in [0.4, 0.5) is 0 Å². The van der Waals surface area contributed by atoms with E-state index in [0.717, 1.165) is 25.1 Å². The number of aliphatic hydroxyl groups excluding tert-OH is 1. The van der Waals surface area contributed by atoms with Crippen LogP contribution in [-0.4, -0.2) is 14.7 Å². The number of rotatable bonds is 7. The second-order valence-corrected chi connectivity index (χ2v) is 7.03. The number of hydrogen-bond donors (Lipinski definition) is 1. The summed E-state index contributed by atoms with van der Waals surface area (Å²) < 4.78 is 2.05. The smallest absolute Gasteiger partial charge is 0.152 e. The average molecular weight is 369 g/mol. The zero-order chi connectivity index (χ0) is 18.5. The number of aryl methyl sites for hydroxylation is 2. The number of unbranched alkanes of at least 4 members (excludes halogenated alkanes) is 1. The second kappa shape index (κ2) is 8.52. The van der Waals surface area contributed by atoms with E-state index in [4.69, 9.17) is 11.6 Å². The van der Waals surface area contributed by atoms with E-state index in [9.17, 15) is 5.11 Å². The first-order chi connectivity index (χ1) is 12.6. The lowest BCUT2D eigenvalue weighted by atomic mass is 10.0. The van der Waals surface area contributed by atoms with Crippen LogP contribution in [0.2, 0.25) is 5.15 Å². The van der Waals surface area contributed by atoms with Crippen LogP contribution in [0, 0.1) is 6.92 Å². The largest absolute Gasteiger partial charge is 0.390 e. The van der Waals surface area contributed by atoms with E-state index in [1.165, 1.54) is 22.3 Å². The third-order valence-electron chi connectivity index (χ3n) is 4.69. The molecular weight excluding hydrogens is 344 g/mol. The minimum Gasteiger partial charge on any atom is -0.390 e. The highest BCUT2D eigenvalue weighted by Crippen LogP contribution is 2.23. The van der Waals surface area contributed by atoms with Crippen molar-refractivity contribution in [3.8, 4) is 11.1 Å². The highest BCUT2D eigenvalue weighted by Gasteiger charge is 2.15. The Morgan fingerprint density at radius 1 is 1.00 bits per heavy atom. The molecule has 1 N–H and O–H groups in total. The molecule has 26 heavy (non-hydrogen) atoms. The van der Waals surface area contributed by atoms with Crippen LogP contribution in [0.5, 0.6) is 0 Å². The number of halogens is 1. The van der Waals surface area contributed by atoms with Crippen LogP contribution in [0.1, 0.15) is 42.4 Å². The Kier molecular flexibility index (Phi) is 6.12. The van der Waals surface area contributed by atoms with Gasteiger partial charge in [0.2, 0.25) is 0 Å². The number of aliphatic hydroxyl groups is 1. The molecule has 4 heteroatoms. The Morgan fingerprint density at radius 2 is 1.62 bits per heavy atom. The van der Waals surface area contributed by atoms with Crippen molar-refractivity contribution in [1.82, 2.24) is 9.55 Å². The lowest BCUT2D eigenvalue weighted by Gasteiger charge is -2.12. The van der Waals surface area contributed by atoms with Gasteiger partial charge in [0.05, 0.1) is 12.3 Å². The molecule has 3 rings (SSSR count). The number of benzene rings is 2. The van der Waals surface area contributed by atoms with E-state index < -0.39 is 0 Å². The zero-order valence-corrected chi connectivity index (χ0v) is 16.1. The van der Waals surface area contributed by atoms with Gasteiger partial charge in [-0.05, 0) is 30.0 Å². The quantitative estimate of drug-likeness (QED) is 0.606. The first-order valence-electron chi connectivity index (χ1n) is 9.13. The van der Waals surface area contributed by atoms with Crippen molar-refractivity contribution in [3.05, 3.63) is 76.3 Å². The SMILES string of the molecule is CCCCc1nc(Cl)c(CO)n1Cc1ccc(-c2ccc(C)cc2)cc1. The second-order valence-electron chi connectivity index (χ2n) is 6.68. The highest BCUT2D eigenvalue weighted by molar-refractivity contribution is 6.30. The maximum atomic E-state index is 9.69. The van der Waals surface area contributed by atoms with E-state index in [-0.39, 0.29) is 6.61 Å². The van der Waals surface area contributed by atoms with E-state index in [2.05, 4.69) is 71.9 Å². The van der Waals surface area contributed by atoms with Gasteiger partial charge in [-0.15, -0.1) is 0 Å². The number of imidazole rings is 1. The van der Waals surface area contributed by atoms with Gasteiger partial charge in [0.25, 0.3) is 0 Å². The van der Waals surface area contributed by atoms with Gasteiger partial charge in [0, 0.05) is 13.0 Å². The minimum absolute atomic E-state index is 0.0978. The molecule has 0 aliphatic carbocycles. The molecule has 0 atom stereocenters. The Morgan fingerprint density at radius 3 is 2.19 bits per heavy atom. The molecule has 0 spiro atoms. The monoisotopic (exact) mass is 368 g/mol. The molecule has 0 radical (unpaired) electrons. The first-order valence-corrected chi connectivity index (χ1v) is 9.50. The predicted octanol–water partition coefficient (Wildman–Crippen LogP) is 5.40. The summed E-state index contributed by atoms with van der Waals surface area (Å²) in [6, 6.07) is 17.1. The number of aromatic nitrogens is 2. The Balaban J connectivity index is 1.83. The predicted molar refractivity (Wildman–Crippen MR) is 107 cm³/mol. The van der Waals surface area contributed by atoms with Crippen molar-refractivity contribution < 1.29 is 5.11 Å². The lowest BCUT2D eigenvalue weighted by molar-refractivity contribution is 0.271. The molecule has 1 heterocycles. The molecule has 0 unspecified atom stereocenters. The van der Waals surface area contributed by atoms with Gasteiger partial charge in [-0.2, -0.15) is 0 Å². The van der Waals surface area contributed by atoms with Gasteiger partial charge >= 0.3 is 0 Å². The Bertz CT molecular complexity index is 851. The fourth-order valence-corrected chi connectivity index (χ4v) is 3.36. The normalized spacial score (nSPS) is 11.1. The Hall–Kier alpha value is -2.10. The summed E-state index contributed by atoms with van der Waals surface area (Å²) in [5.74, 6) is 0.948. The zero-order valence-electron chi connectivity index (χ0n) is 15.4. The van der Waals surface area contributed by atoms with E-state index in [1.807, 2.05) is 0 Å². The van der Waals surface area contributed by atoms with Gasteiger partial charge in [0.1, 0.15) is 5.82 Å². The minimum atomic E-state index is -0.0978. The summed E-state index contributed by atoms with van der Waals surface area (Å²) in [6.45, 7) is 4.83. The summed E-state index contributed by atoms with van der Waals surface area (Å²) in [4.78, 5) is 4.46. The molecule has 3 nitrogen and oxygen atoms in total. The number of nitrogens with zero attached hydrogens (tertiary/aromatic N) is 2. The maximum Gasteiger partial charge on any atom is 0.152 e.